The quantitative estimate of drug-likeness (QED) is 0.591. The SMILES string of the molecule is CCCOc1cccc(C(=O)Nc2ccc(-c3ccc(CO)o3)c(Cl)c2)c1. The fourth-order valence-corrected chi connectivity index (χ4v) is 2.82. The summed E-state index contributed by atoms with van der Waals surface area (Å²) in [4.78, 5) is 12.5. The van der Waals surface area contributed by atoms with Gasteiger partial charge in [0.25, 0.3) is 5.91 Å². The van der Waals surface area contributed by atoms with Gasteiger partial charge in [0.05, 0.1) is 11.6 Å². The normalized spacial score (nSPS) is 10.6. The molecule has 5 nitrogen and oxygen atoms in total. The molecular formula is C21H20ClNO4. The number of ether oxygens (including phenoxy) is 1. The minimum atomic E-state index is -0.249. The van der Waals surface area contributed by atoms with E-state index in [1.807, 2.05) is 13.0 Å². The van der Waals surface area contributed by atoms with E-state index in [1.54, 1.807) is 48.5 Å². The summed E-state index contributed by atoms with van der Waals surface area (Å²) in [6.45, 7) is 2.46. The Hall–Kier alpha value is -2.76. The van der Waals surface area contributed by atoms with Crippen molar-refractivity contribution in [2.75, 3.05) is 11.9 Å². The Morgan fingerprint density at radius 2 is 2.04 bits per heavy atom. The lowest BCUT2D eigenvalue weighted by atomic mass is 10.1. The van der Waals surface area contributed by atoms with Crippen LogP contribution in [0.2, 0.25) is 5.02 Å². The van der Waals surface area contributed by atoms with Crippen LogP contribution in [-0.4, -0.2) is 17.6 Å². The van der Waals surface area contributed by atoms with E-state index in [0.717, 1.165) is 6.42 Å². The molecule has 0 aliphatic rings. The van der Waals surface area contributed by atoms with Gasteiger partial charge in [-0.3, -0.25) is 4.79 Å². The first-order valence-corrected chi connectivity index (χ1v) is 9.02. The summed E-state index contributed by atoms with van der Waals surface area (Å²) in [7, 11) is 0. The molecule has 0 saturated carbocycles. The Morgan fingerprint density at radius 3 is 2.74 bits per heavy atom. The Labute approximate surface area is 162 Å². The number of aliphatic hydroxyl groups excluding tert-OH is 1. The molecule has 6 heteroatoms. The second-order valence-corrected chi connectivity index (χ2v) is 6.36. The van der Waals surface area contributed by atoms with Crippen LogP contribution in [0.3, 0.4) is 0 Å². The van der Waals surface area contributed by atoms with Crippen LogP contribution in [0, 0.1) is 0 Å². The maximum Gasteiger partial charge on any atom is 0.255 e. The molecule has 0 radical (unpaired) electrons. The number of rotatable bonds is 7. The van der Waals surface area contributed by atoms with Gasteiger partial charge in [-0.1, -0.05) is 24.6 Å². The number of hydrogen-bond acceptors (Lipinski definition) is 4. The smallest absolute Gasteiger partial charge is 0.255 e. The highest BCUT2D eigenvalue weighted by molar-refractivity contribution is 6.33. The van der Waals surface area contributed by atoms with E-state index in [2.05, 4.69) is 5.32 Å². The summed E-state index contributed by atoms with van der Waals surface area (Å²) >= 11 is 6.33. The van der Waals surface area contributed by atoms with Crippen LogP contribution in [0.5, 0.6) is 5.75 Å². The van der Waals surface area contributed by atoms with Crippen molar-refractivity contribution < 1.29 is 19.1 Å². The molecular weight excluding hydrogens is 366 g/mol. The fraction of sp³-hybridized carbons (Fsp3) is 0.190. The van der Waals surface area contributed by atoms with E-state index >= 15 is 0 Å². The van der Waals surface area contributed by atoms with Gasteiger partial charge >= 0.3 is 0 Å². The summed E-state index contributed by atoms with van der Waals surface area (Å²) < 4.78 is 11.1. The van der Waals surface area contributed by atoms with Crippen molar-refractivity contribution in [2.45, 2.75) is 20.0 Å². The lowest BCUT2D eigenvalue weighted by molar-refractivity contribution is 0.102. The van der Waals surface area contributed by atoms with Crippen LogP contribution in [0.1, 0.15) is 29.5 Å². The molecule has 27 heavy (non-hydrogen) atoms. The number of benzene rings is 2. The van der Waals surface area contributed by atoms with Crippen molar-refractivity contribution in [3.8, 4) is 17.1 Å². The van der Waals surface area contributed by atoms with Gasteiger partial charge in [0, 0.05) is 16.8 Å². The van der Waals surface area contributed by atoms with Gasteiger partial charge in [-0.15, -0.1) is 0 Å². The van der Waals surface area contributed by atoms with Gasteiger partial charge < -0.3 is 19.6 Å². The largest absolute Gasteiger partial charge is 0.494 e. The summed E-state index contributed by atoms with van der Waals surface area (Å²) in [6.07, 6.45) is 0.900. The summed E-state index contributed by atoms with van der Waals surface area (Å²) in [5.74, 6) is 1.43. The number of aliphatic hydroxyl groups is 1. The Kier molecular flexibility index (Phi) is 6.16. The van der Waals surface area contributed by atoms with Crippen molar-refractivity contribution in [1.82, 2.24) is 0 Å². The molecule has 0 saturated heterocycles. The third kappa shape index (κ3) is 4.70. The third-order valence-electron chi connectivity index (χ3n) is 3.88. The highest BCUT2D eigenvalue weighted by atomic mass is 35.5. The van der Waals surface area contributed by atoms with Crippen LogP contribution < -0.4 is 10.1 Å². The molecule has 0 fully saturated rings. The molecule has 2 N–H and O–H groups in total. The van der Waals surface area contributed by atoms with Crippen LogP contribution in [0.4, 0.5) is 5.69 Å². The topological polar surface area (TPSA) is 71.7 Å². The van der Waals surface area contributed by atoms with Crippen LogP contribution >= 0.6 is 11.6 Å². The first-order valence-electron chi connectivity index (χ1n) is 8.64. The number of nitrogens with one attached hydrogen (secondary N) is 1. The van der Waals surface area contributed by atoms with Gasteiger partial charge in [-0.05, 0) is 55.0 Å². The molecule has 2 aromatic carbocycles. The van der Waals surface area contributed by atoms with Crippen LogP contribution in [0.15, 0.2) is 59.0 Å². The zero-order valence-corrected chi connectivity index (χ0v) is 15.6. The number of carbonyl (C=O) groups is 1. The average Bonchev–Trinajstić information content (AvgIpc) is 3.15. The Morgan fingerprint density at radius 1 is 1.19 bits per heavy atom. The Bertz CT molecular complexity index is 935. The first kappa shape index (κ1) is 19.0. The zero-order chi connectivity index (χ0) is 19.2. The summed E-state index contributed by atoms with van der Waals surface area (Å²) in [6, 6.07) is 15.6. The predicted octanol–water partition coefficient (Wildman–Crippen LogP) is 5.13. The average molecular weight is 386 g/mol. The first-order chi connectivity index (χ1) is 13.1. The molecule has 0 atom stereocenters. The lowest BCUT2D eigenvalue weighted by Crippen LogP contribution is -2.12. The van der Waals surface area contributed by atoms with E-state index in [9.17, 15) is 4.79 Å². The molecule has 1 amide bonds. The molecule has 140 valence electrons. The fourth-order valence-electron chi connectivity index (χ4n) is 2.55. The van der Waals surface area contributed by atoms with Gasteiger partial charge in [-0.2, -0.15) is 0 Å². The Balaban J connectivity index is 1.74. The number of carbonyl (C=O) groups excluding carboxylic acids is 1. The monoisotopic (exact) mass is 385 g/mol. The van der Waals surface area contributed by atoms with Gasteiger partial charge in [0.2, 0.25) is 0 Å². The number of amides is 1. The third-order valence-corrected chi connectivity index (χ3v) is 4.19. The molecule has 3 aromatic rings. The molecule has 1 aromatic heterocycles. The van der Waals surface area contributed by atoms with Crippen LogP contribution in [-0.2, 0) is 6.61 Å². The summed E-state index contributed by atoms with van der Waals surface area (Å²) in [5.41, 5.74) is 1.76. The minimum absolute atomic E-state index is 0.174. The second kappa shape index (κ2) is 8.75. The maximum absolute atomic E-state index is 12.5. The van der Waals surface area contributed by atoms with Crippen molar-refractivity contribution in [2.24, 2.45) is 0 Å². The highest BCUT2D eigenvalue weighted by Crippen LogP contribution is 2.32. The van der Waals surface area contributed by atoms with Crippen molar-refractivity contribution in [3.05, 3.63) is 70.9 Å². The van der Waals surface area contributed by atoms with Gasteiger partial charge in [0.1, 0.15) is 23.9 Å². The molecule has 0 spiro atoms. The molecule has 1 heterocycles. The van der Waals surface area contributed by atoms with Crippen molar-refractivity contribution in [1.29, 1.82) is 0 Å². The maximum atomic E-state index is 12.5. The van der Waals surface area contributed by atoms with Crippen LogP contribution in [0.25, 0.3) is 11.3 Å². The van der Waals surface area contributed by atoms with E-state index in [0.29, 0.717) is 45.7 Å². The number of anilines is 1. The number of hydrogen-bond donors (Lipinski definition) is 2. The summed E-state index contributed by atoms with van der Waals surface area (Å²) in [5, 5.41) is 12.4. The zero-order valence-electron chi connectivity index (χ0n) is 14.9. The van der Waals surface area contributed by atoms with E-state index in [-0.39, 0.29) is 12.5 Å². The van der Waals surface area contributed by atoms with Crippen molar-refractivity contribution in [3.63, 3.8) is 0 Å². The molecule has 0 unspecified atom stereocenters. The van der Waals surface area contributed by atoms with E-state index in [4.69, 9.17) is 25.9 Å². The van der Waals surface area contributed by atoms with Crippen molar-refractivity contribution >= 4 is 23.2 Å². The van der Waals surface area contributed by atoms with E-state index < -0.39 is 0 Å². The van der Waals surface area contributed by atoms with Gasteiger partial charge in [-0.25, -0.2) is 0 Å². The predicted molar refractivity (Wildman–Crippen MR) is 105 cm³/mol. The molecule has 3 rings (SSSR count). The number of halogens is 1. The minimum Gasteiger partial charge on any atom is -0.494 e. The standard InChI is InChI=1S/C21H20ClNO4/c1-2-10-26-16-5-3-4-14(11-16)21(25)23-15-6-8-18(19(22)12-15)20-9-7-17(13-24)27-20/h3-9,11-12,24H,2,10,13H2,1H3,(H,23,25). The number of furan rings is 1. The van der Waals surface area contributed by atoms with Gasteiger partial charge in [0.15, 0.2) is 0 Å². The lowest BCUT2D eigenvalue weighted by Gasteiger charge is -2.09. The van der Waals surface area contributed by atoms with E-state index in [1.165, 1.54) is 0 Å². The molecule has 0 aliphatic carbocycles. The second-order valence-electron chi connectivity index (χ2n) is 5.95. The molecule has 0 aliphatic heterocycles. The molecule has 0 bridgehead atoms. The highest BCUT2D eigenvalue weighted by Gasteiger charge is 2.12.